The molecule has 0 aromatic heterocycles. The van der Waals surface area contributed by atoms with Crippen LogP contribution in [0.5, 0.6) is 5.75 Å². The molecule has 3 nitrogen and oxygen atoms in total. The van der Waals surface area contributed by atoms with Crippen molar-refractivity contribution >= 4 is 23.2 Å². The summed E-state index contributed by atoms with van der Waals surface area (Å²) in [5.74, 6) is -0.114. The number of aliphatic carboxylic acids is 1. The van der Waals surface area contributed by atoms with Gasteiger partial charge in [-0.05, 0) is 63.2 Å². The number of rotatable bonds is 5. The summed E-state index contributed by atoms with van der Waals surface area (Å²) in [5, 5.41) is 9.25. The molecule has 138 valence electrons. The van der Waals surface area contributed by atoms with Gasteiger partial charge < -0.3 is 9.84 Å². The lowest BCUT2D eigenvalue weighted by atomic mass is 10.00. The van der Waals surface area contributed by atoms with Crippen molar-refractivity contribution in [3.05, 3.63) is 95.6 Å². The van der Waals surface area contributed by atoms with Gasteiger partial charge in [0, 0.05) is 0 Å². The number of carboxylic acid groups (broad SMARTS) is 1. The van der Waals surface area contributed by atoms with Crippen LogP contribution in [0, 0.1) is 0 Å². The quantitative estimate of drug-likeness (QED) is 0.621. The van der Waals surface area contributed by atoms with Crippen LogP contribution < -0.4 is 4.74 Å². The summed E-state index contributed by atoms with van der Waals surface area (Å²) in [5.41, 5.74) is 7.20. The van der Waals surface area contributed by atoms with E-state index >= 15 is 0 Å². The van der Waals surface area contributed by atoms with E-state index in [1.165, 1.54) is 11.1 Å². The predicted octanol–water partition coefficient (Wildman–Crippen LogP) is 5.77. The van der Waals surface area contributed by atoms with Crippen molar-refractivity contribution in [3.8, 4) is 16.9 Å². The van der Waals surface area contributed by atoms with Crippen LogP contribution in [-0.2, 0) is 4.79 Å². The van der Waals surface area contributed by atoms with Gasteiger partial charge in [0.15, 0.2) is 0 Å². The average Bonchev–Trinajstić information content (AvgIpc) is 3.05. The Morgan fingerprint density at radius 3 is 2.32 bits per heavy atom. The molecule has 0 bridgehead atoms. The lowest BCUT2D eigenvalue weighted by Crippen LogP contribution is -1.96. The summed E-state index contributed by atoms with van der Waals surface area (Å²) in [6, 6.07) is 24.4. The Kier molecular flexibility index (Phi) is 4.81. The number of ether oxygens (including phenoxy) is 1. The molecule has 0 fully saturated rings. The van der Waals surface area contributed by atoms with Crippen molar-refractivity contribution in [2.45, 2.75) is 6.42 Å². The van der Waals surface area contributed by atoms with Crippen molar-refractivity contribution < 1.29 is 14.6 Å². The van der Waals surface area contributed by atoms with Crippen LogP contribution in [0.3, 0.4) is 0 Å². The second-order valence-corrected chi connectivity index (χ2v) is 6.74. The topological polar surface area (TPSA) is 46.5 Å². The highest BCUT2D eigenvalue weighted by atomic mass is 16.5. The SMILES string of the molecule is COc1ccc2c(c1)C(CC(=O)O)=C/C2=C\c1ccc(-c2ccccc2)cc1. The number of carboxylic acids is 1. The molecule has 1 aliphatic rings. The van der Waals surface area contributed by atoms with Crippen LogP contribution in [0.25, 0.3) is 28.3 Å². The van der Waals surface area contributed by atoms with Gasteiger partial charge >= 0.3 is 5.97 Å². The molecule has 0 amide bonds. The minimum absolute atomic E-state index is 0.00947. The Bertz CT molecular complexity index is 1070. The van der Waals surface area contributed by atoms with Crippen LogP contribution in [0.4, 0.5) is 0 Å². The molecule has 1 aliphatic carbocycles. The molecule has 0 spiro atoms. The van der Waals surface area contributed by atoms with Crippen molar-refractivity contribution in [2.75, 3.05) is 7.11 Å². The van der Waals surface area contributed by atoms with Gasteiger partial charge in [0.25, 0.3) is 0 Å². The van der Waals surface area contributed by atoms with Crippen molar-refractivity contribution in [1.82, 2.24) is 0 Å². The lowest BCUT2D eigenvalue weighted by molar-refractivity contribution is -0.135. The number of benzene rings is 3. The molecule has 0 aliphatic heterocycles. The second-order valence-electron chi connectivity index (χ2n) is 6.74. The summed E-state index contributed by atoms with van der Waals surface area (Å²) in [6.45, 7) is 0. The number of allylic oxidation sites excluding steroid dienone is 2. The number of hydrogen-bond donors (Lipinski definition) is 1. The fourth-order valence-electron chi connectivity index (χ4n) is 3.52. The maximum atomic E-state index is 11.3. The molecule has 0 atom stereocenters. The Morgan fingerprint density at radius 1 is 0.929 bits per heavy atom. The van der Waals surface area contributed by atoms with E-state index in [-0.39, 0.29) is 6.42 Å². The molecule has 0 unspecified atom stereocenters. The molecular formula is C25H20O3. The van der Waals surface area contributed by atoms with Gasteiger partial charge in [-0.25, -0.2) is 0 Å². The van der Waals surface area contributed by atoms with Crippen LogP contribution in [0.1, 0.15) is 23.1 Å². The van der Waals surface area contributed by atoms with Gasteiger partial charge in [-0.3, -0.25) is 4.79 Å². The number of hydrogen-bond acceptors (Lipinski definition) is 2. The Morgan fingerprint density at radius 2 is 1.64 bits per heavy atom. The molecular weight excluding hydrogens is 348 g/mol. The first-order chi connectivity index (χ1) is 13.6. The monoisotopic (exact) mass is 368 g/mol. The van der Waals surface area contributed by atoms with E-state index in [9.17, 15) is 9.90 Å². The fraction of sp³-hybridized carbons (Fsp3) is 0.0800. The van der Waals surface area contributed by atoms with E-state index in [0.29, 0.717) is 0 Å². The summed E-state index contributed by atoms with van der Waals surface area (Å²) >= 11 is 0. The Hall–Kier alpha value is -3.59. The van der Waals surface area contributed by atoms with Crippen LogP contribution in [0.2, 0.25) is 0 Å². The standard InChI is InChI=1S/C25H20O3/c1-28-22-11-12-23-20(14-21(15-25(26)27)24(23)16-22)13-17-7-9-19(10-8-17)18-5-3-2-4-6-18/h2-14,16H,15H2,1H3,(H,26,27)/b20-13+. The second kappa shape index (κ2) is 7.57. The zero-order valence-electron chi connectivity index (χ0n) is 15.6. The third-order valence-electron chi connectivity index (χ3n) is 4.90. The van der Waals surface area contributed by atoms with Crippen molar-refractivity contribution in [2.24, 2.45) is 0 Å². The van der Waals surface area contributed by atoms with Gasteiger partial charge in [0.05, 0.1) is 13.5 Å². The smallest absolute Gasteiger partial charge is 0.307 e. The van der Waals surface area contributed by atoms with Crippen LogP contribution in [0.15, 0.2) is 78.9 Å². The van der Waals surface area contributed by atoms with E-state index in [1.54, 1.807) is 7.11 Å². The van der Waals surface area contributed by atoms with E-state index in [0.717, 1.165) is 33.6 Å². The van der Waals surface area contributed by atoms with Gasteiger partial charge in [-0.1, -0.05) is 60.7 Å². The molecule has 0 saturated carbocycles. The van der Waals surface area contributed by atoms with Crippen LogP contribution >= 0.6 is 0 Å². The maximum absolute atomic E-state index is 11.3. The first-order valence-corrected chi connectivity index (χ1v) is 9.12. The summed E-state index contributed by atoms with van der Waals surface area (Å²) in [7, 11) is 1.61. The van der Waals surface area contributed by atoms with E-state index in [2.05, 4.69) is 42.5 Å². The fourth-order valence-corrected chi connectivity index (χ4v) is 3.52. The lowest BCUT2D eigenvalue weighted by Gasteiger charge is -2.07. The molecule has 1 N–H and O–H groups in total. The summed E-state index contributed by atoms with van der Waals surface area (Å²) < 4.78 is 5.31. The molecule has 3 aromatic carbocycles. The average molecular weight is 368 g/mol. The first kappa shape index (κ1) is 17.8. The highest BCUT2D eigenvalue weighted by molar-refractivity contribution is 6.04. The summed E-state index contributed by atoms with van der Waals surface area (Å²) in [6.07, 6.45) is 4.04. The zero-order valence-corrected chi connectivity index (χ0v) is 15.6. The zero-order chi connectivity index (χ0) is 19.5. The number of methoxy groups -OCH3 is 1. The molecule has 3 heteroatoms. The van der Waals surface area contributed by atoms with Crippen molar-refractivity contribution in [3.63, 3.8) is 0 Å². The Balaban J connectivity index is 1.69. The number of fused-ring (bicyclic) bond motifs is 1. The molecule has 0 radical (unpaired) electrons. The van der Waals surface area contributed by atoms with Crippen LogP contribution in [-0.4, -0.2) is 18.2 Å². The van der Waals surface area contributed by atoms with Gasteiger partial charge in [0.1, 0.15) is 5.75 Å². The Labute approximate surface area is 164 Å². The summed E-state index contributed by atoms with van der Waals surface area (Å²) in [4.78, 5) is 11.3. The van der Waals surface area contributed by atoms with Crippen molar-refractivity contribution in [1.29, 1.82) is 0 Å². The number of carbonyl (C=O) groups is 1. The van der Waals surface area contributed by atoms with Gasteiger partial charge in [-0.15, -0.1) is 0 Å². The normalized spacial score (nSPS) is 13.9. The van der Waals surface area contributed by atoms with Gasteiger partial charge in [0.2, 0.25) is 0 Å². The first-order valence-electron chi connectivity index (χ1n) is 9.12. The highest BCUT2D eigenvalue weighted by Crippen LogP contribution is 2.40. The molecule has 0 heterocycles. The minimum Gasteiger partial charge on any atom is -0.497 e. The third-order valence-corrected chi connectivity index (χ3v) is 4.90. The van der Waals surface area contributed by atoms with E-state index in [4.69, 9.17) is 4.74 Å². The maximum Gasteiger partial charge on any atom is 0.307 e. The predicted molar refractivity (Wildman–Crippen MR) is 113 cm³/mol. The molecule has 3 aromatic rings. The largest absolute Gasteiger partial charge is 0.497 e. The van der Waals surface area contributed by atoms with E-state index < -0.39 is 5.97 Å². The molecule has 4 rings (SSSR count). The molecule has 28 heavy (non-hydrogen) atoms. The third kappa shape index (κ3) is 3.60. The molecule has 0 saturated heterocycles. The van der Waals surface area contributed by atoms with Gasteiger partial charge in [-0.2, -0.15) is 0 Å². The highest BCUT2D eigenvalue weighted by Gasteiger charge is 2.21. The minimum atomic E-state index is -0.839. The van der Waals surface area contributed by atoms with E-state index in [1.807, 2.05) is 42.5 Å².